The molecule has 7 heteroatoms. The highest BCUT2D eigenvalue weighted by Gasteiger charge is 2.16. The van der Waals surface area contributed by atoms with Crippen LogP contribution in [0.25, 0.3) is 10.9 Å². The van der Waals surface area contributed by atoms with Crippen LogP contribution < -0.4 is 15.0 Å². The zero-order valence-electron chi connectivity index (χ0n) is 15.6. The molecule has 3 aromatic rings. The molecule has 1 N–H and O–H groups in total. The Kier molecular flexibility index (Phi) is 5.06. The van der Waals surface area contributed by atoms with Crippen LogP contribution >= 0.6 is 0 Å². The van der Waals surface area contributed by atoms with Crippen LogP contribution in [0.5, 0.6) is 5.75 Å². The van der Waals surface area contributed by atoms with Crippen molar-refractivity contribution in [2.24, 2.45) is 0 Å². The van der Waals surface area contributed by atoms with Gasteiger partial charge in [-0.2, -0.15) is 0 Å². The summed E-state index contributed by atoms with van der Waals surface area (Å²) in [6.45, 7) is 1.99. The molecule has 0 atom stereocenters. The lowest BCUT2D eigenvalue weighted by Gasteiger charge is -2.28. The number of rotatable bonds is 4. The Balaban J connectivity index is 1.58. The molecule has 6 nitrogen and oxygen atoms in total. The van der Waals surface area contributed by atoms with E-state index in [1.54, 1.807) is 6.33 Å². The van der Waals surface area contributed by atoms with Gasteiger partial charge in [-0.25, -0.2) is 14.4 Å². The number of piperidine rings is 1. The predicted octanol–water partition coefficient (Wildman–Crippen LogP) is 4.02. The van der Waals surface area contributed by atoms with Crippen LogP contribution in [0.15, 0.2) is 42.7 Å². The number of aromatic nitrogens is 2. The van der Waals surface area contributed by atoms with E-state index >= 15 is 0 Å². The Hall–Kier alpha value is -3.22. The molecule has 0 saturated carbocycles. The average molecular weight is 380 g/mol. The SMILES string of the molecule is COc1ccc(C(=O)Nc2ccc3c(N4CCCCC4)ncnc3c2)cc1F. The third kappa shape index (κ3) is 3.60. The van der Waals surface area contributed by atoms with E-state index in [2.05, 4.69) is 20.2 Å². The Morgan fingerprint density at radius 2 is 1.93 bits per heavy atom. The van der Waals surface area contributed by atoms with Gasteiger partial charge in [0.15, 0.2) is 11.6 Å². The molecular weight excluding hydrogens is 359 g/mol. The molecule has 2 heterocycles. The number of halogens is 1. The summed E-state index contributed by atoms with van der Waals surface area (Å²) in [7, 11) is 1.38. The number of ether oxygens (including phenoxy) is 1. The van der Waals surface area contributed by atoms with Gasteiger partial charge in [0.25, 0.3) is 5.91 Å². The Morgan fingerprint density at radius 1 is 1.11 bits per heavy atom. The van der Waals surface area contributed by atoms with Crippen molar-refractivity contribution in [2.45, 2.75) is 19.3 Å². The van der Waals surface area contributed by atoms with Gasteiger partial charge in [-0.1, -0.05) is 0 Å². The molecule has 0 spiro atoms. The molecule has 1 aromatic heterocycles. The highest BCUT2D eigenvalue weighted by Crippen LogP contribution is 2.28. The molecule has 1 saturated heterocycles. The molecule has 144 valence electrons. The summed E-state index contributed by atoms with van der Waals surface area (Å²) in [5.41, 5.74) is 1.57. The molecule has 2 aromatic carbocycles. The topological polar surface area (TPSA) is 67.3 Å². The molecule has 1 aliphatic heterocycles. The number of carbonyl (C=O) groups excluding carboxylic acids is 1. The third-order valence-electron chi connectivity index (χ3n) is 4.94. The van der Waals surface area contributed by atoms with E-state index < -0.39 is 11.7 Å². The van der Waals surface area contributed by atoms with Crippen molar-refractivity contribution >= 4 is 28.3 Å². The second-order valence-electron chi connectivity index (χ2n) is 6.78. The summed E-state index contributed by atoms with van der Waals surface area (Å²) in [5, 5.41) is 3.75. The summed E-state index contributed by atoms with van der Waals surface area (Å²) in [6, 6.07) is 9.66. The van der Waals surface area contributed by atoms with Crippen LogP contribution in [0.1, 0.15) is 29.6 Å². The van der Waals surface area contributed by atoms with Gasteiger partial charge in [0.1, 0.15) is 12.1 Å². The van der Waals surface area contributed by atoms with E-state index in [4.69, 9.17) is 4.74 Å². The number of hydrogen-bond acceptors (Lipinski definition) is 5. The highest BCUT2D eigenvalue weighted by molar-refractivity contribution is 6.05. The van der Waals surface area contributed by atoms with Gasteiger partial charge in [-0.05, 0) is 55.7 Å². The normalized spacial score (nSPS) is 14.1. The molecule has 0 aliphatic carbocycles. The van der Waals surface area contributed by atoms with Crippen molar-refractivity contribution < 1.29 is 13.9 Å². The van der Waals surface area contributed by atoms with Crippen LogP contribution in [0.2, 0.25) is 0 Å². The van der Waals surface area contributed by atoms with Crippen LogP contribution in [0.4, 0.5) is 15.9 Å². The number of fused-ring (bicyclic) bond motifs is 1. The fraction of sp³-hybridized carbons (Fsp3) is 0.286. The Bertz CT molecular complexity index is 1020. The van der Waals surface area contributed by atoms with Crippen molar-refractivity contribution in [1.82, 2.24) is 9.97 Å². The van der Waals surface area contributed by atoms with Crippen molar-refractivity contribution in [3.63, 3.8) is 0 Å². The van der Waals surface area contributed by atoms with Crippen LogP contribution in [-0.4, -0.2) is 36.1 Å². The monoisotopic (exact) mass is 380 g/mol. The maximum atomic E-state index is 13.9. The van der Waals surface area contributed by atoms with Crippen molar-refractivity contribution in [3.05, 3.63) is 54.1 Å². The number of nitrogens with zero attached hydrogens (tertiary/aromatic N) is 3. The first-order valence-corrected chi connectivity index (χ1v) is 9.30. The van der Waals surface area contributed by atoms with Crippen molar-refractivity contribution in [1.29, 1.82) is 0 Å². The number of carbonyl (C=O) groups is 1. The number of methoxy groups -OCH3 is 1. The Morgan fingerprint density at radius 3 is 2.68 bits per heavy atom. The molecule has 4 rings (SSSR count). The minimum Gasteiger partial charge on any atom is -0.494 e. The van der Waals surface area contributed by atoms with Gasteiger partial charge >= 0.3 is 0 Å². The zero-order chi connectivity index (χ0) is 19.5. The first-order valence-electron chi connectivity index (χ1n) is 9.30. The maximum Gasteiger partial charge on any atom is 0.255 e. The molecular formula is C21H21FN4O2. The molecule has 0 radical (unpaired) electrons. The largest absolute Gasteiger partial charge is 0.494 e. The Labute approximate surface area is 162 Å². The van der Waals surface area contributed by atoms with Crippen LogP contribution in [-0.2, 0) is 0 Å². The maximum absolute atomic E-state index is 13.9. The predicted molar refractivity (Wildman–Crippen MR) is 107 cm³/mol. The standard InChI is InChI=1S/C21H21FN4O2/c1-28-19-8-5-14(11-17(19)22)21(27)25-15-6-7-16-18(12-15)23-13-24-20(16)26-9-3-2-4-10-26/h5-8,11-13H,2-4,9-10H2,1H3,(H,25,27). The van der Waals surface area contributed by atoms with E-state index in [9.17, 15) is 9.18 Å². The summed E-state index contributed by atoms with van der Waals surface area (Å²) >= 11 is 0. The highest BCUT2D eigenvalue weighted by atomic mass is 19.1. The van der Waals surface area contributed by atoms with Crippen LogP contribution in [0.3, 0.4) is 0 Å². The first-order chi connectivity index (χ1) is 13.7. The van der Waals surface area contributed by atoms with Gasteiger partial charge in [0.05, 0.1) is 12.6 Å². The second-order valence-corrected chi connectivity index (χ2v) is 6.78. The lowest BCUT2D eigenvalue weighted by Crippen LogP contribution is -2.30. The van der Waals surface area contributed by atoms with Gasteiger partial charge in [0, 0.05) is 29.7 Å². The first kappa shape index (κ1) is 18.2. The minimum absolute atomic E-state index is 0.101. The second kappa shape index (κ2) is 7.80. The molecule has 1 fully saturated rings. The number of amides is 1. The van der Waals surface area contributed by atoms with Gasteiger partial charge in [-0.15, -0.1) is 0 Å². The van der Waals surface area contributed by atoms with Gasteiger partial charge < -0.3 is 15.0 Å². The zero-order valence-corrected chi connectivity index (χ0v) is 15.6. The molecule has 0 bridgehead atoms. The summed E-state index contributed by atoms with van der Waals surface area (Å²) in [6.07, 6.45) is 5.13. The van der Waals surface area contributed by atoms with E-state index in [0.717, 1.165) is 48.7 Å². The molecule has 1 aliphatic rings. The lowest BCUT2D eigenvalue weighted by molar-refractivity contribution is 0.102. The summed E-state index contributed by atoms with van der Waals surface area (Å²) < 4.78 is 18.7. The van der Waals surface area contributed by atoms with Crippen LogP contribution in [0, 0.1) is 5.82 Å². The van der Waals surface area contributed by atoms with Gasteiger partial charge in [0.2, 0.25) is 0 Å². The quantitative estimate of drug-likeness (QED) is 0.740. The smallest absolute Gasteiger partial charge is 0.255 e. The van der Waals surface area contributed by atoms with Crippen molar-refractivity contribution in [3.8, 4) is 5.75 Å². The van der Waals surface area contributed by atoms with E-state index in [1.165, 1.54) is 25.7 Å². The van der Waals surface area contributed by atoms with E-state index in [0.29, 0.717) is 5.69 Å². The third-order valence-corrected chi connectivity index (χ3v) is 4.94. The van der Waals surface area contributed by atoms with Crippen molar-refractivity contribution in [2.75, 3.05) is 30.4 Å². The average Bonchev–Trinajstić information content (AvgIpc) is 2.73. The number of anilines is 2. The lowest BCUT2D eigenvalue weighted by atomic mass is 10.1. The summed E-state index contributed by atoms with van der Waals surface area (Å²) in [4.78, 5) is 23.6. The number of hydrogen-bond donors (Lipinski definition) is 1. The van der Waals surface area contributed by atoms with Gasteiger partial charge in [-0.3, -0.25) is 4.79 Å². The molecule has 1 amide bonds. The van der Waals surface area contributed by atoms with E-state index in [-0.39, 0.29) is 11.3 Å². The molecule has 28 heavy (non-hydrogen) atoms. The minimum atomic E-state index is -0.576. The summed E-state index contributed by atoms with van der Waals surface area (Å²) in [5.74, 6) is 0.0581. The fourth-order valence-electron chi connectivity index (χ4n) is 3.49. The number of nitrogens with one attached hydrogen (secondary N) is 1. The molecule has 0 unspecified atom stereocenters. The number of benzene rings is 2. The van der Waals surface area contributed by atoms with E-state index in [1.807, 2.05) is 18.2 Å². The fourth-order valence-corrected chi connectivity index (χ4v) is 3.49.